The highest BCUT2D eigenvalue weighted by molar-refractivity contribution is 7.89. The summed E-state index contributed by atoms with van der Waals surface area (Å²) < 4.78 is 38.1. The molecule has 1 N–H and O–H groups in total. The molecule has 168 valence electrons. The third-order valence-electron chi connectivity index (χ3n) is 5.34. The molecule has 2 aliphatic rings. The lowest BCUT2D eigenvalue weighted by Crippen LogP contribution is -2.51. The van der Waals surface area contributed by atoms with E-state index in [1.807, 2.05) is 32.1 Å². The second kappa shape index (κ2) is 10.7. The molecule has 1 aromatic carbocycles. The number of morpholine rings is 2. The first-order valence-corrected chi connectivity index (χ1v) is 11.9. The zero-order chi connectivity index (χ0) is 22.3. The molecule has 0 radical (unpaired) electrons. The number of benzene rings is 1. The van der Waals surface area contributed by atoms with E-state index in [9.17, 15) is 8.42 Å². The summed E-state index contributed by atoms with van der Waals surface area (Å²) in [6.45, 7) is 17.3. The van der Waals surface area contributed by atoms with Crippen molar-refractivity contribution in [1.29, 1.82) is 0 Å². The van der Waals surface area contributed by atoms with Crippen LogP contribution in [0.2, 0.25) is 0 Å². The minimum absolute atomic E-state index is 0. The smallest absolute Gasteiger partial charge is 0.243 e. The third-order valence-corrected chi connectivity index (χ3v) is 7.20. The van der Waals surface area contributed by atoms with Gasteiger partial charge in [-0.15, -0.1) is 13.2 Å². The number of nitrogens with one attached hydrogen (secondary N) is 1. The Morgan fingerprint density at radius 1 is 1.07 bits per heavy atom. The van der Waals surface area contributed by atoms with Crippen molar-refractivity contribution in [3.8, 4) is 0 Å². The van der Waals surface area contributed by atoms with Crippen LogP contribution in [0, 0.1) is 6.92 Å². The molecule has 0 saturated carbocycles. The van der Waals surface area contributed by atoms with Gasteiger partial charge >= 0.3 is 0 Å². The monoisotopic (exact) mass is 436 g/mol. The van der Waals surface area contributed by atoms with Gasteiger partial charge in [-0.3, -0.25) is 0 Å². The van der Waals surface area contributed by atoms with E-state index in [0.717, 1.165) is 31.7 Å². The van der Waals surface area contributed by atoms with Gasteiger partial charge in [0.1, 0.15) is 0 Å². The molecule has 1 aromatic rings. The van der Waals surface area contributed by atoms with Crippen LogP contribution in [0.3, 0.4) is 0 Å². The van der Waals surface area contributed by atoms with Crippen LogP contribution in [-0.2, 0) is 19.5 Å². The van der Waals surface area contributed by atoms with Crippen molar-refractivity contribution in [2.45, 2.75) is 49.7 Å². The highest BCUT2D eigenvalue weighted by Crippen LogP contribution is 2.26. The van der Waals surface area contributed by atoms with E-state index in [2.05, 4.69) is 25.4 Å². The molecule has 0 bridgehead atoms. The fourth-order valence-corrected chi connectivity index (χ4v) is 5.13. The number of sulfonamides is 1. The van der Waals surface area contributed by atoms with E-state index in [1.54, 1.807) is 18.2 Å². The molecule has 0 amide bonds. The number of ether oxygens (including phenoxy) is 2. The molecule has 2 aliphatic heterocycles. The molecule has 3 rings (SSSR count). The Kier molecular flexibility index (Phi) is 8.82. The molecular formula is C23H36N2O4S. The Balaban J connectivity index is 0.000000269. The highest BCUT2D eigenvalue weighted by atomic mass is 32.2. The zero-order valence-corrected chi connectivity index (χ0v) is 19.3. The molecule has 2 fully saturated rings. The van der Waals surface area contributed by atoms with Crippen molar-refractivity contribution >= 4 is 10.0 Å². The molecule has 0 aliphatic carbocycles. The van der Waals surface area contributed by atoms with Crippen LogP contribution in [0.5, 0.6) is 0 Å². The van der Waals surface area contributed by atoms with Gasteiger partial charge in [-0.1, -0.05) is 29.8 Å². The predicted octanol–water partition coefficient (Wildman–Crippen LogP) is 3.29. The number of aryl methyl sites for hydroxylation is 1. The Bertz CT molecular complexity index is 801. The second-order valence-corrected chi connectivity index (χ2v) is 10.3. The van der Waals surface area contributed by atoms with E-state index >= 15 is 0 Å². The van der Waals surface area contributed by atoms with Gasteiger partial charge in [0, 0.05) is 26.2 Å². The Hall–Kier alpha value is -1.51. The van der Waals surface area contributed by atoms with Gasteiger partial charge < -0.3 is 14.8 Å². The van der Waals surface area contributed by atoms with Crippen LogP contribution in [0.15, 0.2) is 54.5 Å². The first-order chi connectivity index (χ1) is 14.1. The molecule has 0 aromatic heterocycles. The van der Waals surface area contributed by atoms with Crippen LogP contribution >= 0.6 is 0 Å². The number of hydrogen-bond acceptors (Lipinski definition) is 5. The van der Waals surface area contributed by atoms with Gasteiger partial charge in [0.25, 0.3) is 0 Å². The standard InChI is InChI=1S/C15H21NO3S.C8H15NO/c1-4-9-15(3)12-16(10-11-19-15)20(17,18)14-7-5-13(2)6-8-14;1-3-4-8(2)7-9-5-6-10-8/h4-8H,1,9-12H2,2-3H3;3,9H,1,4-7H2,2H3/t15-;8-/m00/s1. The second-order valence-electron chi connectivity index (χ2n) is 8.41. The lowest BCUT2D eigenvalue weighted by atomic mass is 10.0. The summed E-state index contributed by atoms with van der Waals surface area (Å²) in [5.41, 5.74) is 0.556. The molecular weight excluding hydrogens is 400 g/mol. The molecule has 2 atom stereocenters. The first kappa shape index (κ1) is 24.8. The lowest BCUT2D eigenvalue weighted by molar-refractivity contribution is -0.0745. The summed E-state index contributed by atoms with van der Waals surface area (Å²) in [7, 11) is -3.45. The lowest BCUT2D eigenvalue weighted by Gasteiger charge is -2.39. The summed E-state index contributed by atoms with van der Waals surface area (Å²) in [6.07, 6.45) is 5.24. The molecule has 2 heterocycles. The summed E-state index contributed by atoms with van der Waals surface area (Å²) in [4.78, 5) is 0.339. The zero-order valence-electron chi connectivity index (χ0n) is 18.5. The minimum Gasteiger partial charge on any atom is -0.372 e. The quantitative estimate of drug-likeness (QED) is 0.693. The SMILES string of the molecule is C=CC[C@@]1(C)CN(S(=O)(=O)c2ccc(C)cc2)CCO1.C=CC[C@@]1(C)CNCCO1. The van der Waals surface area contributed by atoms with Gasteiger partial charge in [0.15, 0.2) is 0 Å². The van der Waals surface area contributed by atoms with Crippen molar-refractivity contribution in [2.24, 2.45) is 0 Å². The molecule has 30 heavy (non-hydrogen) atoms. The summed E-state index contributed by atoms with van der Waals surface area (Å²) in [6, 6.07) is 6.95. The topological polar surface area (TPSA) is 67.9 Å². The van der Waals surface area contributed by atoms with E-state index in [4.69, 9.17) is 9.47 Å². The van der Waals surface area contributed by atoms with Crippen molar-refractivity contribution < 1.29 is 17.9 Å². The number of rotatable bonds is 6. The Morgan fingerprint density at radius 3 is 2.23 bits per heavy atom. The fraction of sp³-hybridized carbons (Fsp3) is 0.565. The average molecular weight is 437 g/mol. The van der Waals surface area contributed by atoms with E-state index in [1.165, 1.54) is 4.31 Å². The Morgan fingerprint density at radius 2 is 1.67 bits per heavy atom. The Labute approximate surface area is 182 Å². The van der Waals surface area contributed by atoms with Crippen molar-refractivity contribution in [1.82, 2.24) is 9.62 Å². The summed E-state index contributed by atoms with van der Waals surface area (Å²) in [5.74, 6) is 0. The minimum atomic E-state index is -3.45. The maximum atomic E-state index is 12.6. The van der Waals surface area contributed by atoms with Crippen LogP contribution < -0.4 is 5.32 Å². The summed E-state index contributed by atoms with van der Waals surface area (Å²) in [5, 5.41) is 3.29. The van der Waals surface area contributed by atoms with Gasteiger partial charge in [0.05, 0.1) is 29.3 Å². The third kappa shape index (κ3) is 6.75. The molecule has 2 saturated heterocycles. The van der Waals surface area contributed by atoms with Crippen LogP contribution in [0.4, 0.5) is 0 Å². The maximum Gasteiger partial charge on any atom is 0.243 e. The predicted molar refractivity (Wildman–Crippen MR) is 121 cm³/mol. The van der Waals surface area contributed by atoms with E-state index in [-0.39, 0.29) is 5.60 Å². The normalized spacial score (nSPS) is 27.6. The maximum absolute atomic E-state index is 12.6. The first-order valence-electron chi connectivity index (χ1n) is 10.4. The molecule has 0 unspecified atom stereocenters. The fourth-order valence-electron chi connectivity index (χ4n) is 3.59. The van der Waals surface area contributed by atoms with Crippen LogP contribution in [0.1, 0.15) is 32.3 Å². The number of nitrogens with zero attached hydrogens (tertiary/aromatic N) is 1. The van der Waals surface area contributed by atoms with Crippen molar-refractivity contribution in [3.05, 3.63) is 55.1 Å². The van der Waals surface area contributed by atoms with Crippen molar-refractivity contribution in [2.75, 3.05) is 39.4 Å². The van der Waals surface area contributed by atoms with Crippen LogP contribution in [0.25, 0.3) is 0 Å². The van der Waals surface area contributed by atoms with Crippen molar-refractivity contribution in [3.63, 3.8) is 0 Å². The molecule has 0 spiro atoms. The molecule has 6 nitrogen and oxygen atoms in total. The average Bonchev–Trinajstić information content (AvgIpc) is 2.69. The van der Waals surface area contributed by atoms with E-state index < -0.39 is 15.6 Å². The van der Waals surface area contributed by atoms with Crippen LogP contribution in [-0.4, -0.2) is 63.3 Å². The van der Waals surface area contributed by atoms with Gasteiger partial charge in [0.2, 0.25) is 10.0 Å². The van der Waals surface area contributed by atoms with Gasteiger partial charge in [-0.25, -0.2) is 8.42 Å². The molecule has 7 heteroatoms. The van der Waals surface area contributed by atoms with Gasteiger partial charge in [-0.2, -0.15) is 4.31 Å². The summed E-state index contributed by atoms with van der Waals surface area (Å²) >= 11 is 0. The largest absolute Gasteiger partial charge is 0.372 e. The number of hydrogen-bond donors (Lipinski definition) is 1. The van der Waals surface area contributed by atoms with Gasteiger partial charge in [-0.05, 0) is 45.7 Å². The highest BCUT2D eigenvalue weighted by Gasteiger charge is 2.37. The van der Waals surface area contributed by atoms with E-state index in [0.29, 0.717) is 31.0 Å².